The number of hydrogen-bond acceptors (Lipinski definition) is 2. The van der Waals surface area contributed by atoms with Crippen molar-refractivity contribution >= 4 is 5.69 Å². The number of anilines is 1. The molecule has 0 bridgehead atoms. The minimum absolute atomic E-state index is 0.661. The summed E-state index contributed by atoms with van der Waals surface area (Å²) in [4.78, 5) is 2.45. The molecule has 1 aromatic rings. The van der Waals surface area contributed by atoms with Crippen LogP contribution < -0.4 is 5.32 Å². The highest BCUT2D eigenvalue weighted by molar-refractivity contribution is 5.50. The summed E-state index contributed by atoms with van der Waals surface area (Å²) < 4.78 is 0. The maximum absolute atomic E-state index is 3.74. The molecule has 1 heterocycles. The highest BCUT2D eigenvalue weighted by Crippen LogP contribution is 2.26. The molecule has 1 N–H and O–H groups in total. The smallest absolute Gasteiger partial charge is 0.0345 e. The van der Waals surface area contributed by atoms with Gasteiger partial charge in [0.2, 0.25) is 0 Å². The summed E-state index contributed by atoms with van der Waals surface area (Å²) in [6, 6.07) is 7.65. The minimum atomic E-state index is 0.661. The topological polar surface area (TPSA) is 15.3 Å². The fourth-order valence-corrected chi connectivity index (χ4v) is 3.28. The number of fused-ring (bicyclic) bond motifs is 1. The summed E-state index contributed by atoms with van der Waals surface area (Å²) >= 11 is 0. The van der Waals surface area contributed by atoms with Crippen LogP contribution in [0.15, 0.2) is 18.2 Å². The summed E-state index contributed by atoms with van der Waals surface area (Å²) in [6.07, 6.45) is 7.79. The zero-order chi connectivity index (χ0) is 12.4. The summed E-state index contributed by atoms with van der Waals surface area (Å²) in [6.45, 7) is 2.48. The van der Waals surface area contributed by atoms with E-state index >= 15 is 0 Å². The van der Waals surface area contributed by atoms with Crippen molar-refractivity contribution in [2.75, 3.05) is 25.5 Å². The Bertz CT molecular complexity index is 414. The second-order valence-electron chi connectivity index (χ2n) is 5.91. The third-order valence-corrected chi connectivity index (χ3v) is 4.42. The van der Waals surface area contributed by atoms with E-state index in [-0.39, 0.29) is 0 Å². The summed E-state index contributed by atoms with van der Waals surface area (Å²) in [5.41, 5.74) is 4.48. The van der Waals surface area contributed by atoms with Crippen LogP contribution >= 0.6 is 0 Å². The van der Waals surface area contributed by atoms with Gasteiger partial charge in [0.05, 0.1) is 0 Å². The minimum Gasteiger partial charge on any atom is -0.382 e. The van der Waals surface area contributed by atoms with Gasteiger partial charge in [-0.1, -0.05) is 6.07 Å². The van der Waals surface area contributed by atoms with Crippen molar-refractivity contribution in [2.45, 2.75) is 44.6 Å². The molecule has 0 spiro atoms. The average Bonchev–Trinajstić information content (AvgIpc) is 2.74. The van der Waals surface area contributed by atoms with Crippen molar-refractivity contribution < 1.29 is 0 Å². The zero-order valence-electron chi connectivity index (χ0n) is 11.4. The molecule has 1 aromatic carbocycles. The monoisotopic (exact) mass is 244 g/mol. The molecule has 1 aliphatic heterocycles. The molecule has 0 saturated carbocycles. The van der Waals surface area contributed by atoms with Gasteiger partial charge in [-0.2, -0.15) is 0 Å². The Morgan fingerprint density at radius 1 is 1.06 bits per heavy atom. The van der Waals surface area contributed by atoms with E-state index in [2.05, 4.69) is 35.5 Å². The molecular formula is C16H24N2. The quantitative estimate of drug-likeness (QED) is 0.860. The van der Waals surface area contributed by atoms with E-state index in [0.29, 0.717) is 6.04 Å². The lowest BCUT2D eigenvalue weighted by atomic mass is 10.1. The van der Waals surface area contributed by atoms with Crippen LogP contribution in [0.5, 0.6) is 0 Å². The van der Waals surface area contributed by atoms with Crippen molar-refractivity contribution in [3.63, 3.8) is 0 Å². The van der Waals surface area contributed by atoms with Gasteiger partial charge in [-0.15, -0.1) is 0 Å². The number of aryl methyl sites for hydroxylation is 2. The number of hydrogen-bond donors (Lipinski definition) is 1. The predicted molar refractivity (Wildman–Crippen MR) is 77.2 cm³/mol. The van der Waals surface area contributed by atoms with Crippen LogP contribution in [0.4, 0.5) is 5.69 Å². The molecule has 2 heteroatoms. The lowest BCUT2D eigenvalue weighted by Gasteiger charge is -2.18. The van der Waals surface area contributed by atoms with E-state index in [0.717, 1.165) is 0 Å². The van der Waals surface area contributed by atoms with Gasteiger partial charge in [0.25, 0.3) is 0 Å². The number of rotatable bonds is 2. The van der Waals surface area contributed by atoms with Crippen molar-refractivity contribution in [3.05, 3.63) is 29.3 Å². The second-order valence-corrected chi connectivity index (χ2v) is 5.91. The van der Waals surface area contributed by atoms with Crippen LogP contribution in [0.3, 0.4) is 0 Å². The van der Waals surface area contributed by atoms with Crippen LogP contribution in [0.1, 0.15) is 36.8 Å². The van der Waals surface area contributed by atoms with E-state index in [1.807, 2.05) is 0 Å². The fraction of sp³-hybridized carbons (Fsp3) is 0.625. The van der Waals surface area contributed by atoms with Gasteiger partial charge < -0.3 is 10.2 Å². The Kier molecular flexibility index (Phi) is 3.55. The molecule has 98 valence electrons. The van der Waals surface area contributed by atoms with Crippen molar-refractivity contribution in [1.29, 1.82) is 0 Å². The van der Waals surface area contributed by atoms with Gasteiger partial charge >= 0.3 is 0 Å². The molecule has 0 radical (unpaired) electrons. The summed E-state index contributed by atoms with van der Waals surface area (Å²) in [5, 5.41) is 3.74. The Balaban J connectivity index is 1.65. The van der Waals surface area contributed by atoms with E-state index in [4.69, 9.17) is 0 Å². The number of benzene rings is 1. The van der Waals surface area contributed by atoms with Crippen LogP contribution in [0, 0.1) is 0 Å². The van der Waals surface area contributed by atoms with Crippen LogP contribution in [-0.2, 0) is 12.8 Å². The maximum atomic E-state index is 3.74. The lowest BCUT2D eigenvalue weighted by molar-refractivity contribution is 0.348. The third-order valence-electron chi connectivity index (χ3n) is 4.42. The first-order chi connectivity index (χ1) is 8.81. The Labute approximate surface area is 110 Å². The first-order valence-corrected chi connectivity index (χ1v) is 7.38. The number of nitrogens with zero attached hydrogens (tertiary/aromatic N) is 1. The van der Waals surface area contributed by atoms with E-state index in [9.17, 15) is 0 Å². The Hall–Kier alpha value is -1.02. The van der Waals surface area contributed by atoms with Gasteiger partial charge in [-0.25, -0.2) is 0 Å². The largest absolute Gasteiger partial charge is 0.382 e. The van der Waals surface area contributed by atoms with E-state index < -0.39 is 0 Å². The van der Waals surface area contributed by atoms with Crippen molar-refractivity contribution in [2.24, 2.45) is 0 Å². The Morgan fingerprint density at radius 2 is 1.94 bits per heavy atom. The number of likely N-dealkylation sites (tertiary alicyclic amines) is 1. The Morgan fingerprint density at radius 3 is 2.89 bits per heavy atom. The second kappa shape index (κ2) is 5.31. The standard InChI is InChI=1S/C16H24N2/c1-18-10-3-6-15(9-11-18)17-16-8-7-13-4-2-5-14(13)12-16/h7-8,12,15,17H,2-6,9-11H2,1H3. The van der Waals surface area contributed by atoms with Gasteiger partial charge in [0.1, 0.15) is 0 Å². The van der Waals surface area contributed by atoms with Crippen LogP contribution in [-0.4, -0.2) is 31.1 Å². The SMILES string of the molecule is CN1CCCC(Nc2ccc3c(c2)CCC3)CC1. The highest BCUT2D eigenvalue weighted by atomic mass is 15.1. The van der Waals surface area contributed by atoms with Crippen LogP contribution in [0.25, 0.3) is 0 Å². The van der Waals surface area contributed by atoms with Gasteiger partial charge in [0, 0.05) is 11.7 Å². The van der Waals surface area contributed by atoms with Gasteiger partial charge in [-0.3, -0.25) is 0 Å². The molecule has 2 nitrogen and oxygen atoms in total. The molecule has 2 aliphatic rings. The zero-order valence-corrected chi connectivity index (χ0v) is 11.4. The molecule has 0 aromatic heterocycles. The number of nitrogens with one attached hydrogen (secondary N) is 1. The molecule has 1 atom stereocenters. The molecule has 1 fully saturated rings. The normalized spacial score (nSPS) is 24.6. The average molecular weight is 244 g/mol. The van der Waals surface area contributed by atoms with Crippen LogP contribution in [0.2, 0.25) is 0 Å². The lowest BCUT2D eigenvalue weighted by Crippen LogP contribution is -2.23. The third kappa shape index (κ3) is 2.69. The maximum Gasteiger partial charge on any atom is 0.0345 e. The molecule has 3 rings (SSSR count). The molecular weight excluding hydrogens is 220 g/mol. The fourth-order valence-electron chi connectivity index (χ4n) is 3.28. The van der Waals surface area contributed by atoms with Crippen molar-refractivity contribution in [1.82, 2.24) is 4.90 Å². The van der Waals surface area contributed by atoms with E-state index in [1.54, 1.807) is 11.1 Å². The van der Waals surface area contributed by atoms with E-state index in [1.165, 1.54) is 57.3 Å². The molecule has 0 amide bonds. The summed E-state index contributed by atoms with van der Waals surface area (Å²) in [5.74, 6) is 0. The molecule has 18 heavy (non-hydrogen) atoms. The first kappa shape index (κ1) is 12.0. The molecule has 1 saturated heterocycles. The molecule has 1 aliphatic carbocycles. The molecule has 1 unspecified atom stereocenters. The van der Waals surface area contributed by atoms with Crippen molar-refractivity contribution in [3.8, 4) is 0 Å². The van der Waals surface area contributed by atoms with Gasteiger partial charge in [0.15, 0.2) is 0 Å². The highest BCUT2D eigenvalue weighted by Gasteiger charge is 2.16. The summed E-state index contributed by atoms with van der Waals surface area (Å²) in [7, 11) is 2.23. The predicted octanol–water partition coefficient (Wildman–Crippen LogP) is 3.07. The van der Waals surface area contributed by atoms with Gasteiger partial charge in [-0.05, 0) is 81.9 Å². The first-order valence-electron chi connectivity index (χ1n) is 7.38.